The Kier molecular flexibility index (Phi) is 5.33. The van der Waals surface area contributed by atoms with Crippen LogP contribution in [0.2, 0.25) is 0 Å². The Morgan fingerprint density at radius 1 is 1.05 bits per heavy atom. The molecule has 0 aliphatic heterocycles. The molecule has 0 atom stereocenters. The minimum atomic E-state index is -4.58. The first-order valence-corrected chi connectivity index (χ1v) is 6.42. The molecule has 0 N–H and O–H groups in total. The van der Waals surface area contributed by atoms with Crippen molar-refractivity contribution >= 4 is 0 Å². The van der Waals surface area contributed by atoms with E-state index in [9.17, 15) is 22.8 Å². The minimum absolute atomic E-state index is 0.0579. The fourth-order valence-electron chi connectivity index (χ4n) is 1.58. The summed E-state index contributed by atoms with van der Waals surface area (Å²) < 4.78 is 40.5. The van der Waals surface area contributed by atoms with Gasteiger partial charge in [0.1, 0.15) is 6.33 Å². The van der Waals surface area contributed by atoms with Gasteiger partial charge in [-0.2, -0.15) is 18.3 Å². The Morgan fingerprint density at radius 2 is 1.59 bits per heavy atom. The molecule has 0 saturated carbocycles. The zero-order chi connectivity index (χ0) is 17.1. The topological polar surface area (TPSA) is 79.6 Å². The average molecular weight is 322 g/mol. The predicted octanol–water partition coefficient (Wildman–Crippen LogP) is 0.222. The molecule has 2 aromatic heterocycles. The van der Waals surface area contributed by atoms with Crippen molar-refractivity contribution in [2.45, 2.75) is 33.1 Å². The lowest BCUT2D eigenvalue weighted by molar-refractivity contribution is -0.147. The maximum Gasteiger partial charge on any atom is 0.451 e. The number of alkyl halides is 3. The van der Waals surface area contributed by atoms with Gasteiger partial charge in [0, 0.05) is 27.2 Å². The van der Waals surface area contributed by atoms with Gasteiger partial charge in [-0.3, -0.25) is 9.13 Å². The summed E-state index contributed by atoms with van der Waals surface area (Å²) in [6, 6.07) is 0. The van der Waals surface area contributed by atoms with Gasteiger partial charge in [0.25, 0.3) is 0 Å². The minimum Gasteiger partial charge on any atom is -0.285 e. The van der Waals surface area contributed by atoms with Crippen LogP contribution in [0.1, 0.15) is 19.7 Å². The van der Waals surface area contributed by atoms with Crippen molar-refractivity contribution in [3.63, 3.8) is 0 Å². The maximum atomic E-state index is 12.1. The molecular formula is C11H17F3N6O2. The van der Waals surface area contributed by atoms with Crippen molar-refractivity contribution in [3.05, 3.63) is 33.1 Å². The Morgan fingerprint density at radius 3 is 1.82 bits per heavy atom. The lowest BCUT2D eigenvalue weighted by Crippen LogP contribution is -2.23. The van der Waals surface area contributed by atoms with Gasteiger partial charge >= 0.3 is 17.6 Å². The van der Waals surface area contributed by atoms with Gasteiger partial charge in [-0.15, -0.1) is 5.10 Å². The third-order valence-electron chi connectivity index (χ3n) is 2.78. The van der Waals surface area contributed by atoms with Gasteiger partial charge < -0.3 is 0 Å². The van der Waals surface area contributed by atoms with Crippen LogP contribution in [0.5, 0.6) is 0 Å². The number of aromatic nitrogens is 6. The average Bonchev–Trinajstić information content (AvgIpc) is 2.92. The van der Waals surface area contributed by atoms with Crippen LogP contribution < -0.4 is 11.4 Å². The van der Waals surface area contributed by atoms with Crippen LogP contribution in [0.3, 0.4) is 0 Å². The molecule has 124 valence electrons. The lowest BCUT2D eigenvalue weighted by atomic mass is 10.6. The largest absolute Gasteiger partial charge is 0.451 e. The number of rotatable bonds is 2. The first-order chi connectivity index (χ1) is 10.1. The van der Waals surface area contributed by atoms with Crippen molar-refractivity contribution in [1.29, 1.82) is 0 Å². The van der Waals surface area contributed by atoms with Crippen molar-refractivity contribution < 1.29 is 13.2 Å². The Hall–Kier alpha value is -2.33. The summed E-state index contributed by atoms with van der Waals surface area (Å²) in [4.78, 5) is 21.9. The van der Waals surface area contributed by atoms with Crippen LogP contribution in [-0.2, 0) is 33.4 Å². The summed E-state index contributed by atoms with van der Waals surface area (Å²) in [5.74, 6) is -1.17. The zero-order valence-corrected chi connectivity index (χ0v) is 12.6. The van der Waals surface area contributed by atoms with E-state index in [-0.39, 0.29) is 12.2 Å². The van der Waals surface area contributed by atoms with Gasteiger partial charge in [0.15, 0.2) is 0 Å². The standard InChI is InChI=1S/C6H8F3N3O.C5H9N3O/c1-3-12-5(13)11(2)4(10-12)6(7,8)9;1-3-8-5(9)7(2)4-6-8/h3H2,1-2H3;4H,3H2,1-2H3. The first kappa shape index (κ1) is 17.7. The van der Waals surface area contributed by atoms with E-state index < -0.39 is 17.7 Å². The molecule has 2 heterocycles. The van der Waals surface area contributed by atoms with Gasteiger partial charge in [0.05, 0.1) is 0 Å². The van der Waals surface area contributed by atoms with Crippen LogP contribution in [-0.4, -0.2) is 28.7 Å². The fourth-order valence-corrected chi connectivity index (χ4v) is 1.58. The Balaban J connectivity index is 0.000000235. The maximum absolute atomic E-state index is 12.1. The van der Waals surface area contributed by atoms with E-state index in [1.807, 2.05) is 6.92 Å². The van der Waals surface area contributed by atoms with Gasteiger partial charge in [-0.05, 0) is 13.8 Å². The number of aryl methyl sites for hydroxylation is 3. The highest BCUT2D eigenvalue weighted by atomic mass is 19.4. The van der Waals surface area contributed by atoms with Crippen LogP contribution in [0.15, 0.2) is 15.9 Å². The van der Waals surface area contributed by atoms with Crippen molar-refractivity contribution in [3.8, 4) is 0 Å². The second-order valence-corrected chi connectivity index (χ2v) is 4.32. The molecule has 0 fully saturated rings. The molecule has 0 amide bonds. The lowest BCUT2D eigenvalue weighted by Gasteiger charge is -2.02. The molecular weight excluding hydrogens is 305 g/mol. The highest BCUT2D eigenvalue weighted by Crippen LogP contribution is 2.25. The van der Waals surface area contributed by atoms with E-state index in [1.54, 1.807) is 14.0 Å². The quantitative estimate of drug-likeness (QED) is 0.792. The molecule has 22 heavy (non-hydrogen) atoms. The summed E-state index contributed by atoms with van der Waals surface area (Å²) in [6.07, 6.45) is -3.07. The van der Waals surface area contributed by atoms with Gasteiger partial charge in [-0.25, -0.2) is 19.0 Å². The van der Waals surface area contributed by atoms with Gasteiger partial charge in [0.2, 0.25) is 5.82 Å². The number of halogens is 3. The molecule has 11 heteroatoms. The summed E-state index contributed by atoms with van der Waals surface area (Å²) in [6.45, 7) is 4.20. The number of hydrogen-bond acceptors (Lipinski definition) is 4. The van der Waals surface area contributed by atoms with Crippen LogP contribution in [0, 0.1) is 0 Å². The molecule has 0 unspecified atom stereocenters. The summed E-state index contributed by atoms with van der Waals surface area (Å²) in [7, 11) is 2.73. The SMILES string of the molecule is CCn1nc(C(F)(F)F)n(C)c1=O.CCn1ncn(C)c1=O. The van der Waals surface area contributed by atoms with Crippen molar-refractivity contribution in [2.75, 3.05) is 0 Å². The van der Waals surface area contributed by atoms with E-state index in [2.05, 4.69) is 10.2 Å². The zero-order valence-electron chi connectivity index (χ0n) is 12.6. The van der Waals surface area contributed by atoms with E-state index in [0.717, 1.165) is 11.7 Å². The third-order valence-corrected chi connectivity index (χ3v) is 2.78. The normalized spacial score (nSPS) is 11.2. The van der Waals surface area contributed by atoms with E-state index in [0.29, 0.717) is 11.1 Å². The van der Waals surface area contributed by atoms with E-state index >= 15 is 0 Å². The van der Waals surface area contributed by atoms with Crippen molar-refractivity contribution in [1.82, 2.24) is 28.7 Å². The summed E-state index contributed by atoms with van der Waals surface area (Å²) >= 11 is 0. The molecule has 0 bridgehead atoms. The fraction of sp³-hybridized carbons (Fsp3) is 0.636. The highest BCUT2D eigenvalue weighted by molar-refractivity contribution is 4.91. The molecule has 0 aromatic carbocycles. The first-order valence-electron chi connectivity index (χ1n) is 6.42. The number of nitrogens with zero attached hydrogens (tertiary/aromatic N) is 6. The molecule has 2 aromatic rings. The summed E-state index contributed by atoms with van der Waals surface area (Å²) in [5, 5.41) is 6.94. The van der Waals surface area contributed by atoms with Crippen LogP contribution in [0.4, 0.5) is 13.2 Å². The Bertz CT molecular complexity index is 736. The second-order valence-electron chi connectivity index (χ2n) is 4.32. The van der Waals surface area contributed by atoms with Crippen LogP contribution >= 0.6 is 0 Å². The predicted molar refractivity (Wildman–Crippen MR) is 71.3 cm³/mol. The molecule has 0 aliphatic rings. The molecule has 0 spiro atoms. The smallest absolute Gasteiger partial charge is 0.285 e. The molecule has 0 aliphatic carbocycles. The summed E-state index contributed by atoms with van der Waals surface area (Å²) in [5.41, 5.74) is -0.813. The van der Waals surface area contributed by atoms with E-state index in [1.165, 1.54) is 15.6 Å². The highest BCUT2D eigenvalue weighted by Gasteiger charge is 2.37. The third kappa shape index (κ3) is 3.65. The number of hydrogen-bond donors (Lipinski definition) is 0. The van der Waals surface area contributed by atoms with E-state index in [4.69, 9.17) is 0 Å². The molecule has 0 radical (unpaired) electrons. The molecule has 2 rings (SSSR count). The Labute approximate surface area is 123 Å². The molecule has 0 saturated heterocycles. The second kappa shape index (κ2) is 6.62. The monoisotopic (exact) mass is 322 g/mol. The van der Waals surface area contributed by atoms with Crippen LogP contribution in [0.25, 0.3) is 0 Å². The van der Waals surface area contributed by atoms with Crippen molar-refractivity contribution in [2.24, 2.45) is 14.1 Å². The molecule has 8 nitrogen and oxygen atoms in total. The van der Waals surface area contributed by atoms with Gasteiger partial charge in [-0.1, -0.05) is 0 Å².